The third-order valence-corrected chi connectivity index (χ3v) is 2.90. The molecular formula is C12H13N5O5. The van der Waals surface area contributed by atoms with E-state index in [1.54, 1.807) is 0 Å². The summed E-state index contributed by atoms with van der Waals surface area (Å²) in [6.45, 7) is 0. The number of anilines is 1. The Morgan fingerprint density at radius 1 is 1.32 bits per heavy atom. The van der Waals surface area contributed by atoms with Crippen LogP contribution in [0.2, 0.25) is 0 Å². The van der Waals surface area contributed by atoms with Crippen LogP contribution in [0, 0.1) is 10.1 Å². The number of nitrogens with two attached hydrogens (primary N) is 2. The van der Waals surface area contributed by atoms with Crippen molar-refractivity contribution in [3.8, 4) is 17.2 Å². The van der Waals surface area contributed by atoms with Gasteiger partial charge in [-0.2, -0.15) is 5.10 Å². The molecule has 2 aromatic rings. The van der Waals surface area contributed by atoms with Gasteiger partial charge in [0.25, 0.3) is 5.91 Å². The van der Waals surface area contributed by atoms with Crippen molar-refractivity contribution in [3.63, 3.8) is 0 Å². The molecular weight excluding hydrogens is 294 g/mol. The normalized spacial score (nSPS) is 10.3. The van der Waals surface area contributed by atoms with Gasteiger partial charge < -0.3 is 20.9 Å². The van der Waals surface area contributed by atoms with Crippen LogP contribution in [0.15, 0.2) is 18.3 Å². The van der Waals surface area contributed by atoms with E-state index in [0.717, 1.165) is 10.9 Å². The lowest BCUT2D eigenvalue weighted by Gasteiger charge is -2.12. The molecule has 0 unspecified atom stereocenters. The first-order chi connectivity index (χ1) is 10.4. The largest absolute Gasteiger partial charge is 0.493 e. The van der Waals surface area contributed by atoms with E-state index in [2.05, 4.69) is 5.10 Å². The van der Waals surface area contributed by atoms with Crippen molar-refractivity contribution in [1.29, 1.82) is 0 Å². The van der Waals surface area contributed by atoms with Crippen molar-refractivity contribution in [2.45, 2.75) is 0 Å². The standard InChI is InChI=1S/C12H13N5O5/c1-21-9-3-6(13)7(4-10(9)22-2)16-5-8(17(19)20)11(15-16)12(14)18/h3-5H,13H2,1-2H3,(H2,14,18). The molecule has 0 bridgehead atoms. The van der Waals surface area contributed by atoms with E-state index in [4.69, 9.17) is 20.9 Å². The summed E-state index contributed by atoms with van der Waals surface area (Å²) in [7, 11) is 2.87. The van der Waals surface area contributed by atoms with Gasteiger partial charge in [0.2, 0.25) is 5.69 Å². The Morgan fingerprint density at radius 2 is 1.91 bits per heavy atom. The smallest absolute Gasteiger partial charge is 0.320 e. The highest BCUT2D eigenvalue weighted by Crippen LogP contribution is 2.34. The number of carbonyl (C=O) groups is 1. The zero-order valence-electron chi connectivity index (χ0n) is 11.8. The van der Waals surface area contributed by atoms with Crippen molar-refractivity contribution in [2.75, 3.05) is 20.0 Å². The minimum atomic E-state index is -1.01. The second kappa shape index (κ2) is 5.60. The van der Waals surface area contributed by atoms with Gasteiger partial charge in [-0.25, -0.2) is 4.68 Å². The van der Waals surface area contributed by atoms with Crippen LogP contribution in [0.5, 0.6) is 11.5 Å². The van der Waals surface area contributed by atoms with Gasteiger partial charge in [0.15, 0.2) is 11.5 Å². The number of amides is 1. The summed E-state index contributed by atoms with van der Waals surface area (Å²) in [6.07, 6.45) is 1.05. The van der Waals surface area contributed by atoms with Gasteiger partial charge in [-0.15, -0.1) is 0 Å². The Balaban J connectivity index is 2.64. The van der Waals surface area contributed by atoms with Crippen LogP contribution >= 0.6 is 0 Å². The molecule has 1 aromatic carbocycles. The molecule has 10 nitrogen and oxygen atoms in total. The Kier molecular flexibility index (Phi) is 3.84. The maximum Gasteiger partial charge on any atom is 0.320 e. The first-order valence-electron chi connectivity index (χ1n) is 5.94. The molecule has 0 saturated heterocycles. The number of nitrogen functional groups attached to an aromatic ring is 1. The number of methoxy groups -OCH3 is 2. The molecule has 116 valence electrons. The topological polar surface area (TPSA) is 149 Å². The van der Waals surface area contributed by atoms with Crippen LogP contribution in [0.4, 0.5) is 11.4 Å². The Hall–Kier alpha value is -3.30. The van der Waals surface area contributed by atoms with E-state index < -0.39 is 22.2 Å². The molecule has 0 spiro atoms. The highest BCUT2D eigenvalue weighted by Gasteiger charge is 2.25. The highest BCUT2D eigenvalue weighted by molar-refractivity contribution is 5.94. The molecule has 0 aliphatic rings. The van der Waals surface area contributed by atoms with Gasteiger partial charge in [-0.3, -0.25) is 14.9 Å². The molecule has 0 saturated carbocycles. The molecule has 0 aliphatic carbocycles. The van der Waals surface area contributed by atoms with Crippen molar-refractivity contribution in [3.05, 3.63) is 34.1 Å². The summed E-state index contributed by atoms with van der Waals surface area (Å²) in [5.41, 5.74) is 10.5. The molecule has 2 rings (SSSR count). The molecule has 10 heteroatoms. The van der Waals surface area contributed by atoms with E-state index in [1.165, 1.54) is 26.4 Å². The fourth-order valence-corrected chi connectivity index (χ4v) is 1.88. The second-order valence-corrected chi connectivity index (χ2v) is 4.19. The molecule has 22 heavy (non-hydrogen) atoms. The van der Waals surface area contributed by atoms with Gasteiger partial charge in [0.1, 0.15) is 6.20 Å². The van der Waals surface area contributed by atoms with E-state index >= 15 is 0 Å². The third kappa shape index (κ3) is 2.49. The number of carbonyl (C=O) groups excluding carboxylic acids is 1. The van der Waals surface area contributed by atoms with Gasteiger partial charge in [-0.1, -0.05) is 0 Å². The number of hydrogen-bond acceptors (Lipinski definition) is 7. The monoisotopic (exact) mass is 307 g/mol. The van der Waals surface area contributed by atoms with Gasteiger partial charge >= 0.3 is 5.69 Å². The zero-order valence-corrected chi connectivity index (χ0v) is 11.8. The summed E-state index contributed by atoms with van der Waals surface area (Å²) in [5.74, 6) is -0.268. The number of nitrogens with zero attached hydrogens (tertiary/aromatic N) is 3. The highest BCUT2D eigenvalue weighted by atomic mass is 16.6. The predicted octanol–water partition coefficient (Wildman–Crippen LogP) is 0.479. The molecule has 0 fully saturated rings. The summed E-state index contributed by atoms with van der Waals surface area (Å²) < 4.78 is 11.3. The third-order valence-electron chi connectivity index (χ3n) is 2.90. The summed E-state index contributed by atoms with van der Waals surface area (Å²) >= 11 is 0. The lowest BCUT2D eigenvalue weighted by Crippen LogP contribution is -2.14. The maximum absolute atomic E-state index is 11.2. The molecule has 4 N–H and O–H groups in total. The fourth-order valence-electron chi connectivity index (χ4n) is 1.88. The summed E-state index contributed by atoms with van der Waals surface area (Å²) in [5, 5.41) is 14.8. The maximum atomic E-state index is 11.2. The molecule has 0 aliphatic heterocycles. The Morgan fingerprint density at radius 3 is 2.36 bits per heavy atom. The van der Waals surface area contributed by atoms with Crippen LogP contribution in [-0.2, 0) is 0 Å². The number of aromatic nitrogens is 2. The van der Waals surface area contributed by atoms with Crippen molar-refractivity contribution in [2.24, 2.45) is 5.73 Å². The summed E-state index contributed by atoms with van der Waals surface area (Å²) in [4.78, 5) is 21.4. The Bertz CT molecular complexity index is 723. The van der Waals surface area contributed by atoms with Gasteiger partial charge in [0, 0.05) is 12.1 Å². The van der Waals surface area contributed by atoms with Crippen LogP contribution < -0.4 is 20.9 Å². The van der Waals surface area contributed by atoms with Crippen LogP contribution in [0.25, 0.3) is 5.69 Å². The lowest BCUT2D eigenvalue weighted by atomic mass is 10.2. The van der Waals surface area contributed by atoms with E-state index in [1.807, 2.05) is 0 Å². The minimum absolute atomic E-state index is 0.228. The van der Waals surface area contributed by atoms with Crippen molar-refractivity contribution < 1.29 is 19.2 Å². The van der Waals surface area contributed by atoms with Crippen LogP contribution in [0.1, 0.15) is 10.5 Å². The van der Waals surface area contributed by atoms with Gasteiger partial charge in [0.05, 0.1) is 30.5 Å². The quantitative estimate of drug-likeness (QED) is 0.463. The number of ether oxygens (including phenoxy) is 2. The number of rotatable bonds is 5. The molecule has 1 heterocycles. The number of nitro groups is 1. The average molecular weight is 307 g/mol. The SMILES string of the molecule is COc1cc(N)c(-n2cc([N+](=O)[O-])c(C(N)=O)n2)cc1OC. The van der Waals surface area contributed by atoms with Crippen molar-refractivity contribution in [1.82, 2.24) is 9.78 Å². The van der Waals surface area contributed by atoms with Crippen LogP contribution in [0.3, 0.4) is 0 Å². The summed E-state index contributed by atoms with van der Waals surface area (Å²) in [6, 6.07) is 2.96. The molecule has 0 atom stereocenters. The first-order valence-corrected chi connectivity index (χ1v) is 5.94. The van der Waals surface area contributed by atoms with Crippen LogP contribution in [-0.4, -0.2) is 34.8 Å². The first kappa shape index (κ1) is 15.1. The zero-order chi connectivity index (χ0) is 16.4. The predicted molar refractivity (Wildman–Crippen MR) is 76.3 cm³/mol. The number of hydrogen-bond donors (Lipinski definition) is 2. The number of primary amides is 1. The molecule has 1 amide bonds. The average Bonchev–Trinajstić information content (AvgIpc) is 2.92. The second-order valence-electron chi connectivity index (χ2n) is 4.19. The van der Waals surface area contributed by atoms with Crippen molar-refractivity contribution >= 4 is 17.3 Å². The Labute approximate surface area is 124 Å². The molecule has 1 aromatic heterocycles. The minimum Gasteiger partial charge on any atom is -0.493 e. The number of benzene rings is 1. The van der Waals surface area contributed by atoms with E-state index in [0.29, 0.717) is 11.5 Å². The fraction of sp³-hybridized carbons (Fsp3) is 0.167. The molecule has 0 radical (unpaired) electrons. The lowest BCUT2D eigenvalue weighted by molar-refractivity contribution is -0.385. The van der Waals surface area contributed by atoms with E-state index in [-0.39, 0.29) is 11.4 Å². The van der Waals surface area contributed by atoms with Gasteiger partial charge in [-0.05, 0) is 0 Å². The van der Waals surface area contributed by atoms with E-state index in [9.17, 15) is 14.9 Å².